The highest BCUT2D eigenvalue weighted by atomic mass is 32.2. The van der Waals surface area contributed by atoms with Gasteiger partial charge >= 0.3 is 0 Å². The summed E-state index contributed by atoms with van der Waals surface area (Å²) in [5, 5.41) is 13.5. The van der Waals surface area contributed by atoms with Crippen molar-refractivity contribution in [2.45, 2.75) is 6.04 Å². The van der Waals surface area contributed by atoms with Gasteiger partial charge in [0.05, 0.1) is 25.2 Å². The molecule has 1 atom stereocenters. The van der Waals surface area contributed by atoms with Crippen LogP contribution in [0.1, 0.15) is 17.3 Å². The van der Waals surface area contributed by atoms with Gasteiger partial charge in [0.15, 0.2) is 0 Å². The number of aromatic nitrogens is 3. The van der Waals surface area contributed by atoms with Crippen LogP contribution in [0.25, 0.3) is 0 Å². The molecule has 0 aliphatic carbocycles. The molecule has 0 spiro atoms. The molecule has 1 aliphatic rings. The molecule has 1 fully saturated rings. The Bertz CT molecular complexity index is 930. The Morgan fingerprint density at radius 2 is 2.07 bits per heavy atom. The molecular formula is C16H21FN6O3S2. The Morgan fingerprint density at radius 3 is 2.61 bits per heavy atom. The van der Waals surface area contributed by atoms with Gasteiger partial charge in [-0.1, -0.05) is 6.07 Å². The normalized spacial score (nSPS) is 16.6. The van der Waals surface area contributed by atoms with Gasteiger partial charge in [-0.3, -0.25) is 0 Å². The fourth-order valence-electron chi connectivity index (χ4n) is 3.07. The molecular weight excluding hydrogens is 407 g/mol. The number of halogens is 1. The molecule has 1 saturated heterocycles. The summed E-state index contributed by atoms with van der Waals surface area (Å²) in [6.07, 6.45) is 2.70. The summed E-state index contributed by atoms with van der Waals surface area (Å²) in [5.74, 6) is -0.413. The van der Waals surface area contributed by atoms with Crippen LogP contribution in [0.15, 0.2) is 24.4 Å². The van der Waals surface area contributed by atoms with Gasteiger partial charge < -0.3 is 15.0 Å². The number of H-pyrrole nitrogens is 1. The number of nitrogens with one attached hydrogen (secondary N) is 2. The summed E-state index contributed by atoms with van der Waals surface area (Å²) in [5.41, 5.74) is 1.56. The van der Waals surface area contributed by atoms with E-state index >= 15 is 0 Å². The monoisotopic (exact) mass is 428 g/mol. The quantitative estimate of drug-likeness (QED) is 0.669. The van der Waals surface area contributed by atoms with Crippen LogP contribution in [-0.2, 0) is 14.8 Å². The highest BCUT2D eigenvalue weighted by Gasteiger charge is 2.26. The van der Waals surface area contributed by atoms with E-state index in [1.165, 1.54) is 29.9 Å². The number of aromatic amines is 1. The van der Waals surface area contributed by atoms with Crippen molar-refractivity contribution in [3.8, 4) is 0 Å². The lowest BCUT2D eigenvalue weighted by atomic mass is 10.0. The van der Waals surface area contributed by atoms with Crippen molar-refractivity contribution in [1.29, 1.82) is 0 Å². The van der Waals surface area contributed by atoms with Crippen molar-refractivity contribution >= 4 is 33.1 Å². The van der Waals surface area contributed by atoms with E-state index in [1.807, 2.05) is 4.90 Å². The third kappa shape index (κ3) is 4.56. The van der Waals surface area contributed by atoms with Crippen LogP contribution in [0.5, 0.6) is 0 Å². The molecule has 2 aromatic rings. The van der Waals surface area contributed by atoms with Crippen LogP contribution in [-0.4, -0.2) is 72.9 Å². The molecule has 1 aromatic heterocycles. The highest BCUT2D eigenvalue weighted by Crippen LogP contribution is 2.27. The van der Waals surface area contributed by atoms with Gasteiger partial charge in [0.1, 0.15) is 17.6 Å². The molecule has 2 heterocycles. The molecule has 3 rings (SSSR count). The third-order valence-corrected chi connectivity index (χ3v) is 6.12. The average Bonchev–Trinajstić information content (AvgIpc) is 3.19. The van der Waals surface area contributed by atoms with Crippen molar-refractivity contribution in [3.05, 3.63) is 41.5 Å². The molecule has 152 valence electrons. The largest absolute Gasteiger partial charge is 0.474 e. The van der Waals surface area contributed by atoms with E-state index < -0.39 is 21.9 Å². The number of sulfonamides is 1. The molecule has 0 saturated carbocycles. The minimum absolute atomic E-state index is 0.148. The van der Waals surface area contributed by atoms with Crippen LogP contribution < -0.4 is 10.2 Å². The van der Waals surface area contributed by atoms with E-state index in [1.54, 1.807) is 12.1 Å². The average molecular weight is 429 g/mol. The second-order valence-electron chi connectivity index (χ2n) is 6.32. The maximum absolute atomic E-state index is 14.9. The van der Waals surface area contributed by atoms with Gasteiger partial charge in [0, 0.05) is 26.2 Å². The van der Waals surface area contributed by atoms with Crippen LogP contribution in [0.4, 0.5) is 10.1 Å². The first kappa shape index (κ1) is 20.4. The van der Waals surface area contributed by atoms with Gasteiger partial charge in [0.25, 0.3) is 5.17 Å². The van der Waals surface area contributed by atoms with Crippen molar-refractivity contribution < 1.29 is 17.5 Å². The molecule has 9 nitrogen and oxygen atoms in total. The van der Waals surface area contributed by atoms with Crippen LogP contribution in [0, 0.1) is 5.82 Å². The van der Waals surface area contributed by atoms with E-state index in [2.05, 4.69) is 20.7 Å². The Balaban J connectivity index is 1.80. The lowest BCUT2D eigenvalue weighted by molar-refractivity contribution is 0.385. The van der Waals surface area contributed by atoms with Crippen molar-refractivity contribution in [2.24, 2.45) is 0 Å². The van der Waals surface area contributed by atoms with Crippen LogP contribution in [0.3, 0.4) is 0 Å². The maximum atomic E-state index is 14.9. The standard InChI is InChI=1S/C16H21FN6O3S2/c1-26-16(27)19-15(13-10-18-21-20-13)11-3-4-14(12(17)9-11)22-5-7-23(8-6-22)28(2,24)25/h3-4,9-10,15H,5-8H2,1-2H3,(H,19,27)(H,18,20,21). The zero-order valence-corrected chi connectivity index (χ0v) is 17.1. The molecule has 28 heavy (non-hydrogen) atoms. The predicted octanol–water partition coefficient (Wildman–Crippen LogP) is 0.636. The minimum Gasteiger partial charge on any atom is -0.474 e. The number of hydrogen-bond acceptors (Lipinski definition) is 7. The first-order valence-corrected chi connectivity index (χ1v) is 10.7. The van der Waals surface area contributed by atoms with Crippen molar-refractivity contribution in [1.82, 2.24) is 25.0 Å². The third-order valence-electron chi connectivity index (χ3n) is 4.53. The number of anilines is 1. The number of benzene rings is 1. The van der Waals surface area contributed by atoms with E-state index in [-0.39, 0.29) is 5.17 Å². The summed E-state index contributed by atoms with van der Waals surface area (Å²) >= 11 is 5.06. The Morgan fingerprint density at radius 1 is 1.36 bits per heavy atom. The summed E-state index contributed by atoms with van der Waals surface area (Å²) in [6.45, 7) is 1.49. The van der Waals surface area contributed by atoms with Crippen LogP contribution in [0.2, 0.25) is 0 Å². The first-order valence-electron chi connectivity index (χ1n) is 8.49. The lowest BCUT2D eigenvalue weighted by Gasteiger charge is -2.35. The molecule has 1 aliphatic heterocycles. The SMILES string of the molecule is COC(=S)NC(c1ccc(N2CCN(S(C)(=O)=O)CC2)c(F)c1)c1cn[nH]n1. The maximum Gasteiger partial charge on any atom is 0.257 e. The van der Waals surface area contributed by atoms with Gasteiger partial charge in [-0.2, -0.15) is 19.7 Å². The molecule has 1 aromatic carbocycles. The van der Waals surface area contributed by atoms with Crippen molar-refractivity contribution in [2.75, 3.05) is 44.4 Å². The summed E-state index contributed by atoms with van der Waals surface area (Å²) in [4.78, 5) is 1.83. The zero-order valence-electron chi connectivity index (χ0n) is 15.4. The molecule has 1 unspecified atom stereocenters. The van der Waals surface area contributed by atoms with Gasteiger partial charge in [-0.25, -0.2) is 12.8 Å². The predicted molar refractivity (Wildman–Crippen MR) is 106 cm³/mol. The van der Waals surface area contributed by atoms with E-state index in [0.717, 1.165) is 0 Å². The van der Waals surface area contributed by atoms with E-state index in [4.69, 9.17) is 17.0 Å². The number of piperazine rings is 1. The Labute approximate surface area is 167 Å². The summed E-state index contributed by atoms with van der Waals surface area (Å²) < 4.78 is 44.5. The highest BCUT2D eigenvalue weighted by molar-refractivity contribution is 7.88. The number of rotatable bonds is 5. The lowest BCUT2D eigenvalue weighted by Crippen LogP contribution is -2.48. The fraction of sp³-hybridized carbons (Fsp3) is 0.438. The minimum atomic E-state index is -3.23. The second kappa shape index (κ2) is 8.37. The number of nitrogens with zero attached hydrogens (tertiary/aromatic N) is 4. The summed E-state index contributed by atoms with van der Waals surface area (Å²) in [7, 11) is -1.79. The molecule has 0 radical (unpaired) electrons. The van der Waals surface area contributed by atoms with Crippen LogP contribution >= 0.6 is 12.2 Å². The molecule has 2 N–H and O–H groups in total. The first-order chi connectivity index (χ1) is 13.3. The Kier molecular flexibility index (Phi) is 6.10. The number of ether oxygens (including phenoxy) is 1. The molecule has 12 heteroatoms. The molecule has 0 amide bonds. The number of methoxy groups -OCH3 is 1. The smallest absolute Gasteiger partial charge is 0.257 e. The van der Waals surface area contributed by atoms with E-state index in [0.29, 0.717) is 43.1 Å². The number of hydrogen-bond donors (Lipinski definition) is 2. The Hall–Kier alpha value is -2.31. The van der Waals surface area contributed by atoms with E-state index in [9.17, 15) is 12.8 Å². The zero-order chi connectivity index (χ0) is 20.3. The van der Waals surface area contributed by atoms with Crippen molar-refractivity contribution in [3.63, 3.8) is 0 Å². The fourth-order valence-corrected chi connectivity index (χ4v) is 4.02. The molecule has 0 bridgehead atoms. The van der Waals surface area contributed by atoms with Gasteiger partial charge in [-0.15, -0.1) is 0 Å². The second-order valence-corrected chi connectivity index (χ2v) is 8.68. The number of thiocarbonyl (C=S) groups is 1. The summed E-state index contributed by atoms with van der Waals surface area (Å²) in [6, 6.07) is 4.32. The van der Waals surface area contributed by atoms with Gasteiger partial charge in [-0.05, 0) is 29.9 Å². The van der Waals surface area contributed by atoms with Gasteiger partial charge in [0.2, 0.25) is 10.0 Å². The topological polar surface area (TPSA) is 103 Å².